The molecule has 2 N–H and O–H groups in total. The van der Waals surface area contributed by atoms with Crippen molar-refractivity contribution in [3.05, 3.63) is 16.6 Å². The Labute approximate surface area is 114 Å². The van der Waals surface area contributed by atoms with Gasteiger partial charge in [0.05, 0.1) is 5.51 Å². The molecule has 1 heterocycles. The summed E-state index contributed by atoms with van der Waals surface area (Å²) in [5.41, 5.74) is 7.90. The third kappa shape index (κ3) is 2.92. The standard InChI is InChI=1S/C14H25N3S/c1-3-17(11(2)14-9-16-10-18-14)13-7-5-4-6-12(13)8-15/h9-13H,3-8,15H2,1-2H3. The first-order valence-corrected chi connectivity index (χ1v) is 8.00. The quantitative estimate of drug-likeness (QED) is 0.891. The largest absolute Gasteiger partial charge is 0.330 e. The molecule has 0 amide bonds. The fourth-order valence-corrected chi connectivity index (χ4v) is 3.99. The van der Waals surface area contributed by atoms with Crippen molar-refractivity contribution in [1.29, 1.82) is 0 Å². The van der Waals surface area contributed by atoms with E-state index in [0.717, 1.165) is 13.1 Å². The lowest BCUT2D eigenvalue weighted by molar-refractivity contribution is 0.0782. The first kappa shape index (κ1) is 14.0. The molecule has 4 heteroatoms. The predicted molar refractivity (Wildman–Crippen MR) is 77.7 cm³/mol. The van der Waals surface area contributed by atoms with Crippen molar-refractivity contribution in [3.8, 4) is 0 Å². The summed E-state index contributed by atoms with van der Waals surface area (Å²) >= 11 is 1.76. The van der Waals surface area contributed by atoms with Gasteiger partial charge in [0.25, 0.3) is 0 Å². The monoisotopic (exact) mass is 267 g/mol. The second-order valence-electron chi connectivity index (χ2n) is 5.26. The van der Waals surface area contributed by atoms with Crippen molar-refractivity contribution in [2.24, 2.45) is 11.7 Å². The fraction of sp³-hybridized carbons (Fsp3) is 0.786. The van der Waals surface area contributed by atoms with Gasteiger partial charge in [0.15, 0.2) is 0 Å². The Kier molecular flexibility index (Phi) is 5.15. The molecule has 0 saturated heterocycles. The van der Waals surface area contributed by atoms with Gasteiger partial charge in [0, 0.05) is 23.2 Å². The maximum atomic E-state index is 5.97. The Bertz CT molecular complexity index is 339. The molecule has 0 radical (unpaired) electrons. The maximum absolute atomic E-state index is 5.97. The maximum Gasteiger partial charge on any atom is 0.0794 e. The van der Waals surface area contributed by atoms with Crippen LogP contribution in [0.1, 0.15) is 50.4 Å². The van der Waals surface area contributed by atoms with E-state index in [9.17, 15) is 0 Å². The fourth-order valence-electron chi connectivity index (χ4n) is 3.29. The van der Waals surface area contributed by atoms with Gasteiger partial charge in [-0.2, -0.15) is 0 Å². The third-order valence-corrected chi connectivity index (χ3v) is 5.27. The van der Waals surface area contributed by atoms with Crippen LogP contribution >= 0.6 is 11.3 Å². The number of aromatic nitrogens is 1. The summed E-state index contributed by atoms with van der Waals surface area (Å²) in [5, 5.41) is 0. The van der Waals surface area contributed by atoms with Crippen molar-refractivity contribution in [1.82, 2.24) is 9.88 Å². The summed E-state index contributed by atoms with van der Waals surface area (Å²) in [6, 6.07) is 1.13. The van der Waals surface area contributed by atoms with E-state index in [1.54, 1.807) is 11.3 Å². The molecule has 1 aliphatic carbocycles. The molecule has 1 aliphatic rings. The molecule has 0 bridgehead atoms. The smallest absolute Gasteiger partial charge is 0.0794 e. The Morgan fingerprint density at radius 1 is 1.50 bits per heavy atom. The van der Waals surface area contributed by atoms with E-state index >= 15 is 0 Å². The van der Waals surface area contributed by atoms with E-state index in [4.69, 9.17) is 5.73 Å². The minimum atomic E-state index is 0.472. The second kappa shape index (κ2) is 6.64. The highest BCUT2D eigenvalue weighted by Gasteiger charge is 2.31. The number of hydrogen-bond acceptors (Lipinski definition) is 4. The van der Waals surface area contributed by atoms with Gasteiger partial charge >= 0.3 is 0 Å². The van der Waals surface area contributed by atoms with Crippen molar-refractivity contribution in [2.45, 2.75) is 51.6 Å². The zero-order chi connectivity index (χ0) is 13.0. The van der Waals surface area contributed by atoms with Gasteiger partial charge in [-0.3, -0.25) is 9.88 Å². The lowest BCUT2D eigenvalue weighted by atomic mass is 9.83. The highest BCUT2D eigenvalue weighted by atomic mass is 32.1. The zero-order valence-electron chi connectivity index (χ0n) is 11.5. The van der Waals surface area contributed by atoms with Gasteiger partial charge in [0.1, 0.15) is 0 Å². The molecule has 1 fully saturated rings. The first-order chi connectivity index (χ1) is 8.77. The molecular formula is C14H25N3S. The van der Waals surface area contributed by atoms with Crippen LogP contribution in [0.4, 0.5) is 0 Å². The van der Waals surface area contributed by atoms with Crippen LogP contribution in [0.2, 0.25) is 0 Å². The van der Waals surface area contributed by atoms with Gasteiger partial charge in [-0.1, -0.05) is 19.8 Å². The van der Waals surface area contributed by atoms with Crippen LogP contribution in [-0.2, 0) is 0 Å². The molecule has 2 rings (SSSR count). The van der Waals surface area contributed by atoms with E-state index in [-0.39, 0.29) is 0 Å². The van der Waals surface area contributed by atoms with E-state index < -0.39 is 0 Å². The van der Waals surface area contributed by atoms with E-state index in [1.807, 2.05) is 11.7 Å². The number of nitrogens with zero attached hydrogens (tertiary/aromatic N) is 2. The molecule has 3 unspecified atom stereocenters. The van der Waals surface area contributed by atoms with Crippen LogP contribution in [0, 0.1) is 5.92 Å². The zero-order valence-corrected chi connectivity index (χ0v) is 12.3. The van der Waals surface area contributed by atoms with Gasteiger partial charge in [-0.25, -0.2) is 0 Å². The third-order valence-electron chi connectivity index (χ3n) is 4.32. The van der Waals surface area contributed by atoms with Crippen LogP contribution in [0.3, 0.4) is 0 Å². The average molecular weight is 267 g/mol. The first-order valence-electron chi connectivity index (χ1n) is 7.12. The van der Waals surface area contributed by atoms with Crippen LogP contribution in [0.5, 0.6) is 0 Å². The molecular weight excluding hydrogens is 242 g/mol. The van der Waals surface area contributed by atoms with Crippen LogP contribution < -0.4 is 5.73 Å². The predicted octanol–water partition coefficient (Wildman–Crippen LogP) is 3.04. The topological polar surface area (TPSA) is 42.2 Å². The summed E-state index contributed by atoms with van der Waals surface area (Å²) in [5.74, 6) is 0.675. The molecule has 1 saturated carbocycles. The van der Waals surface area contributed by atoms with Crippen molar-refractivity contribution < 1.29 is 0 Å². The Hall–Kier alpha value is -0.450. The highest BCUT2D eigenvalue weighted by molar-refractivity contribution is 7.09. The molecule has 1 aromatic heterocycles. The molecule has 1 aromatic rings. The number of hydrogen-bond donors (Lipinski definition) is 1. The van der Waals surface area contributed by atoms with Crippen LogP contribution in [0.15, 0.2) is 11.7 Å². The molecule has 102 valence electrons. The van der Waals surface area contributed by atoms with Crippen molar-refractivity contribution >= 4 is 11.3 Å². The SMILES string of the molecule is CCN(C(C)c1cncs1)C1CCCCC1CN. The highest BCUT2D eigenvalue weighted by Crippen LogP contribution is 2.34. The van der Waals surface area contributed by atoms with Gasteiger partial charge < -0.3 is 5.73 Å². The summed E-state index contributed by atoms with van der Waals surface area (Å²) in [6.45, 7) is 6.50. The second-order valence-corrected chi connectivity index (χ2v) is 6.18. The Balaban J connectivity index is 2.11. The van der Waals surface area contributed by atoms with Crippen molar-refractivity contribution in [2.75, 3.05) is 13.1 Å². The summed E-state index contributed by atoms with van der Waals surface area (Å²) < 4.78 is 0. The van der Waals surface area contributed by atoms with E-state index in [2.05, 4.69) is 23.7 Å². The molecule has 0 aliphatic heterocycles. The number of nitrogens with two attached hydrogens (primary N) is 1. The van der Waals surface area contributed by atoms with Gasteiger partial charge in [0.2, 0.25) is 0 Å². The average Bonchev–Trinajstić information content (AvgIpc) is 2.94. The Morgan fingerprint density at radius 3 is 2.89 bits per heavy atom. The molecule has 3 atom stereocenters. The normalized spacial score (nSPS) is 26.4. The summed E-state index contributed by atoms with van der Waals surface area (Å²) in [6.07, 6.45) is 7.32. The summed E-state index contributed by atoms with van der Waals surface area (Å²) in [4.78, 5) is 8.21. The van der Waals surface area contributed by atoms with Crippen molar-refractivity contribution in [3.63, 3.8) is 0 Å². The minimum absolute atomic E-state index is 0.472. The molecule has 0 aromatic carbocycles. The lowest BCUT2D eigenvalue weighted by Gasteiger charge is -2.42. The molecule has 18 heavy (non-hydrogen) atoms. The number of thiazole rings is 1. The molecule has 0 spiro atoms. The Morgan fingerprint density at radius 2 is 2.28 bits per heavy atom. The number of rotatable bonds is 5. The van der Waals surface area contributed by atoms with Crippen LogP contribution in [0.25, 0.3) is 0 Å². The molecule has 3 nitrogen and oxygen atoms in total. The van der Waals surface area contributed by atoms with Gasteiger partial charge in [-0.05, 0) is 38.8 Å². The van der Waals surface area contributed by atoms with E-state index in [0.29, 0.717) is 18.0 Å². The van der Waals surface area contributed by atoms with Crippen LogP contribution in [-0.4, -0.2) is 29.0 Å². The van der Waals surface area contributed by atoms with E-state index in [1.165, 1.54) is 30.6 Å². The van der Waals surface area contributed by atoms with Gasteiger partial charge in [-0.15, -0.1) is 11.3 Å². The summed E-state index contributed by atoms with van der Waals surface area (Å²) in [7, 11) is 0. The minimum Gasteiger partial charge on any atom is -0.330 e. The lowest BCUT2D eigenvalue weighted by Crippen LogP contribution is -2.46.